The molecular weight excluding hydrogens is 368 g/mol. The summed E-state index contributed by atoms with van der Waals surface area (Å²) in [6, 6.07) is 13.2. The van der Waals surface area contributed by atoms with Crippen LogP contribution in [0.25, 0.3) is 0 Å². The van der Waals surface area contributed by atoms with E-state index < -0.39 is 15.9 Å². The third-order valence-electron chi connectivity index (χ3n) is 3.03. The molecule has 0 aromatic heterocycles. The predicted octanol–water partition coefficient (Wildman–Crippen LogP) is 2.63. The van der Waals surface area contributed by atoms with Gasteiger partial charge in [0, 0.05) is 10.0 Å². The molecule has 2 N–H and O–H groups in total. The zero-order valence-corrected chi connectivity index (χ0v) is 14.2. The number of hydrogen-bond acceptors (Lipinski definition) is 3. The standard InChI is InChI=1S/C15H15BrN2O3S/c1-2-11-6-8-12(9-7-11)15(19)17-18-22(20,21)14-5-3-4-13(16)10-14/h3-10,18H,2H2,1H3,(H,17,19). The van der Waals surface area contributed by atoms with E-state index in [1.54, 1.807) is 24.3 Å². The molecule has 0 spiro atoms. The van der Waals surface area contributed by atoms with Crippen molar-refractivity contribution in [2.45, 2.75) is 18.2 Å². The van der Waals surface area contributed by atoms with Gasteiger partial charge in [-0.3, -0.25) is 10.2 Å². The highest BCUT2D eigenvalue weighted by atomic mass is 79.9. The maximum Gasteiger partial charge on any atom is 0.266 e. The Kier molecular flexibility index (Phi) is 5.33. The molecule has 0 radical (unpaired) electrons. The van der Waals surface area contributed by atoms with Crippen LogP contribution in [0.3, 0.4) is 0 Å². The van der Waals surface area contributed by atoms with Crippen LogP contribution in [0.2, 0.25) is 0 Å². The highest BCUT2D eigenvalue weighted by Crippen LogP contribution is 2.15. The van der Waals surface area contributed by atoms with Crippen molar-refractivity contribution >= 4 is 31.9 Å². The van der Waals surface area contributed by atoms with Gasteiger partial charge in [-0.15, -0.1) is 4.83 Å². The highest BCUT2D eigenvalue weighted by molar-refractivity contribution is 9.10. The van der Waals surface area contributed by atoms with Gasteiger partial charge in [0.1, 0.15) is 0 Å². The van der Waals surface area contributed by atoms with E-state index in [2.05, 4.69) is 26.2 Å². The number of aryl methyl sites for hydroxylation is 1. The molecule has 0 saturated heterocycles. The van der Waals surface area contributed by atoms with Gasteiger partial charge in [0.25, 0.3) is 15.9 Å². The molecule has 22 heavy (non-hydrogen) atoms. The third kappa shape index (κ3) is 4.16. The fourth-order valence-electron chi connectivity index (χ4n) is 1.77. The highest BCUT2D eigenvalue weighted by Gasteiger charge is 2.15. The normalized spacial score (nSPS) is 11.2. The second-order valence-corrected chi connectivity index (χ2v) is 7.17. The largest absolute Gasteiger partial charge is 0.273 e. The number of nitrogens with one attached hydrogen (secondary N) is 2. The van der Waals surface area contributed by atoms with Gasteiger partial charge >= 0.3 is 0 Å². The first-order valence-electron chi connectivity index (χ1n) is 6.59. The number of carbonyl (C=O) groups is 1. The van der Waals surface area contributed by atoms with Crippen LogP contribution in [-0.2, 0) is 16.4 Å². The fourth-order valence-corrected chi connectivity index (χ4v) is 3.21. The summed E-state index contributed by atoms with van der Waals surface area (Å²) in [7, 11) is -3.81. The summed E-state index contributed by atoms with van der Waals surface area (Å²) >= 11 is 3.21. The molecule has 2 aromatic carbocycles. The van der Waals surface area contributed by atoms with Crippen molar-refractivity contribution in [1.29, 1.82) is 0 Å². The molecule has 116 valence electrons. The van der Waals surface area contributed by atoms with Crippen molar-refractivity contribution in [3.8, 4) is 0 Å². The first-order chi connectivity index (χ1) is 10.4. The van der Waals surface area contributed by atoms with Crippen LogP contribution in [0, 0.1) is 0 Å². The Labute approximate surface area is 137 Å². The van der Waals surface area contributed by atoms with Crippen LogP contribution in [-0.4, -0.2) is 14.3 Å². The van der Waals surface area contributed by atoms with E-state index in [1.165, 1.54) is 12.1 Å². The van der Waals surface area contributed by atoms with Crippen LogP contribution in [0.15, 0.2) is 57.9 Å². The Hall–Kier alpha value is -1.70. The minimum Gasteiger partial charge on any atom is -0.273 e. The Bertz CT molecular complexity index is 774. The molecule has 2 aromatic rings. The smallest absolute Gasteiger partial charge is 0.266 e. The first kappa shape index (κ1) is 16.7. The molecule has 7 heteroatoms. The zero-order valence-electron chi connectivity index (χ0n) is 11.8. The predicted molar refractivity (Wildman–Crippen MR) is 87.7 cm³/mol. The average molecular weight is 383 g/mol. The lowest BCUT2D eigenvalue weighted by atomic mass is 10.1. The number of halogens is 1. The molecule has 0 unspecified atom stereocenters. The number of sulfonamides is 1. The van der Waals surface area contributed by atoms with E-state index in [1.807, 2.05) is 19.1 Å². The maximum absolute atomic E-state index is 12.1. The van der Waals surface area contributed by atoms with Crippen molar-refractivity contribution in [1.82, 2.24) is 10.3 Å². The Balaban J connectivity index is 2.06. The lowest BCUT2D eigenvalue weighted by Crippen LogP contribution is -2.41. The fraction of sp³-hybridized carbons (Fsp3) is 0.133. The quantitative estimate of drug-likeness (QED) is 0.780. The molecule has 0 aliphatic carbocycles. The lowest BCUT2D eigenvalue weighted by Gasteiger charge is -2.09. The van der Waals surface area contributed by atoms with Crippen molar-refractivity contribution in [2.75, 3.05) is 0 Å². The molecule has 0 heterocycles. The molecule has 2 rings (SSSR count). The second-order valence-electron chi connectivity index (χ2n) is 4.57. The monoisotopic (exact) mass is 382 g/mol. The van der Waals surface area contributed by atoms with Gasteiger partial charge < -0.3 is 0 Å². The zero-order chi connectivity index (χ0) is 16.2. The molecule has 0 fully saturated rings. The van der Waals surface area contributed by atoms with E-state index in [0.29, 0.717) is 10.0 Å². The van der Waals surface area contributed by atoms with Gasteiger partial charge in [-0.1, -0.05) is 41.1 Å². The summed E-state index contributed by atoms with van der Waals surface area (Å²) in [5, 5.41) is 0. The van der Waals surface area contributed by atoms with E-state index in [-0.39, 0.29) is 4.90 Å². The van der Waals surface area contributed by atoms with Crippen LogP contribution < -0.4 is 10.3 Å². The number of amides is 1. The van der Waals surface area contributed by atoms with Gasteiger partial charge in [0.15, 0.2) is 0 Å². The SMILES string of the molecule is CCc1ccc(C(=O)NNS(=O)(=O)c2cccc(Br)c2)cc1. The second kappa shape index (κ2) is 7.04. The molecule has 0 bridgehead atoms. The number of hydrazine groups is 1. The molecule has 0 aliphatic heterocycles. The van der Waals surface area contributed by atoms with Crippen LogP contribution in [0.1, 0.15) is 22.8 Å². The minimum atomic E-state index is -3.81. The summed E-state index contributed by atoms with van der Waals surface area (Å²) in [5.74, 6) is -0.513. The van der Waals surface area contributed by atoms with Crippen molar-refractivity contribution < 1.29 is 13.2 Å². The average Bonchev–Trinajstić information content (AvgIpc) is 2.53. The van der Waals surface area contributed by atoms with Gasteiger partial charge in [0.05, 0.1) is 4.90 Å². The Morgan fingerprint density at radius 1 is 1.14 bits per heavy atom. The third-order valence-corrected chi connectivity index (χ3v) is 4.77. The van der Waals surface area contributed by atoms with E-state index in [9.17, 15) is 13.2 Å². The van der Waals surface area contributed by atoms with Crippen molar-refractivity contribution in [2.24, 2.45) is 0 Å². The number of carbonyl (C=O) groups excluding carboxylic acids is 1. The lowest BCUT2D eigenvalue weighted by molar-refractivity contribution is 0.0945. The molecular formula is C15H15BrN2O3S. The minimum absolute atomic E-state index is 0.0588. The summed E-state index contributed by atoms with van der Waals surface area (Å²) in [6.07, 6.45) is 0.872. The maximum atomic E-state index is 12.1. The summed E-state index contributed by atoms with van der Waals surface area (Å²) in [5.41, 5.74) is 3.69. The molecule has 0 aliphatic rings. The van der Waals surface area contributed by atoms with Gasteiger partial charge in [-0.2, -0.15) is 0 Å². The van der Waals surface area contributed by atoms with Gasteiger partial charge in [-0.05, 0) is 42.3 Å². The van der Waals surface area contributed by atoms with Crippen LogP contribution in [0.4, 0.5) is 0 Å². The molecule has 0 saturated carbocycles. The number of hydrogen-bond donors (Lipinski definition) is 2. The molecule has 5 nitrogen and oxygen atoms in total. The molecule has 1 amide bonds. The summed E-state index contributed by atoms with van der Waals surface area (Å²) < 4.78 is 24.8. The molecule has 0 atom stereocenters. The van der Waals surface area contributed by atoms with Crippen LogP contribution >= 0.6 is 15.9 Å². The van der Waals surface area contributed by atoms with Crippen molar-refractivity contribution in [3.63, 3.8) is 0 Å². The number of rotatable bonds is 5. The van der Waals surface area contributed by atoms with Crippen LogP contribution in [0.5, 0.6) is 0 Å². The number of benzene rings is 2. The van der Waals surface area contributed by atoms with Gasteiger partial charge in [0.2, 0.25) is 0 Å². The summed E-state index contributed by atoms with van der Waals surface area (Å²) in [4.78, 5) is 14.1. The van der Waals surface area contributed by atoms with E-state index in [4.69, 9.17) is 0 Å². The Morgan fingerprint density at radius 3 is 2.41 bits per heavy atom. The van der Waals surface area contributed by atoms with Gasteiger partial charge in [-0.25, -0.2) is 8.42 Å². The topological polar surface area (TPSA) is 75.3 Å². The summed E-state index contributed by atoms with van der Waals surface area (Å²) in [6.45, 7) is 2.02. The van der Waals surface area contributed by atoms with E-state index >= 15 is 0 Å². The first-order valence-corrected chi connectivity index (χ1v) is 8.86. The Morgan fingerprint density at radius 2 is 1.82 bits per heavy atom. The van der Waals surface area contributed by atoms with E-state index in [0.717, 1.165) is 12.0 Å². The van der Waals surface area contributed by atoms with Crippen molar-refractivity contribution in [3.05, 3.63) is 64.1 Å².